The Morgan fingerprint density at radius 3 is 2.61 bits per heavy atom. The lowest BCUT2D eigenvalue weighted by atomic mass is 10.1. The van der Waals surface area contributed by atoms with E-state index in [0.29, 0.717) is 5.69 Å². The first-order valence-corrected chi connectivity index (χ1v) is 5.73. The molecule has 18 heavy (non-hydrogen) atoms. The Morgan fingerprint density at radius 2 is 2.06 bits per heavy atom. The standard InChI is InChI=1S/C13H16N4O/c1-9(10-6-4-3-5-7-10)15-13(18)12-11(14)8-17(2)16-12/h3-9H,14H2,1-2H3,(H,15,18). The van der Waals surface area contributed by atoms with Gasteiger partial charge in [-0.25, -0.2) is 0 Å². The minimum absolute atomic E-state index is 0.0832. The maximum atomic E-state index is 12.0. The lowest BCUT2D eigenvalue weighted by molar-refractivity contribution is 0.0935. The summed E-state index contributed by atoms with van der Waals surface area (Å²) in [6.07, 6.45) is 1.61. The van der Waals surface area contributed by atoms with Crippen LogP contribution in [0.1, 0.15) is 29.0 Å². The number of amides is 1. The Morgan fingerprint density at radius 1 is 1.39 bits per heavy atom. The minimum atomic E-state index is -0.260. The molecule has 0 saturated heterocycles. The summed E-state index contributed by atoms with van der Waals surface area (Å²) in [7, 11) is 1.73. The number of aryl methyl sites for hydroxylation is 1. The van der Waals surface area contributed by atoms with Crippen LogP contribution in [0.15, 0.2) is 36.5 Å². The van der Waals surface area contributed by atoms with Crippen molar-refractivity contribution in [2.45, 2.75) is 13.0 Å². The third-order valence-electron chi connectivity index (χ3n) is 2.72. The third kappa shape index (κ3) is 2.51. The summed E-state index contributed by atoms with van der Waals surface area (Å²) >= 11 is 0. The van der Waals surface area contributed by atoms with Crippen LogP contribution in [0.25, 0.3) is 0 Å². The molecule has 0 aliphatic heterocycles. The molecule has 5 heteroatoms. The van der Waals surface area contributed by atoms with E-state index in [-0.39, 0.29) is 17.6 Å². The molecule has 2 rings (SSSR count). The quantitative estimate of drug-likeness (QED) is 0.859. The van der Waals surface area contributed by atoms with Gasteiger partial charge in [-0.3, -0.25) is 9.48 Å². The van der Waals surface area contributed by atoms with E-state index in [4.69, 9.17) is 5.73 Å². The molecule has 1 atom stereocenters. The van der Waals surface area contributed by atoms with Gasteiger partial charge in [-0.15, -0.1) is 0 Å². The van der Waals surface area contributed by atoms with E-state index < -0.39 is 0 Å². The van der Waals surface area contributed by atoms with Crippen molar-refractivity contribution in [3.8, 4) is 0 Å². The van der Waals surface area contributed by atoms with Crippen molar-refractivity contribution >= 4 is 11.6 Å². The zero-order valence-electron chi connectivity index (χ0n) is 10.4. The Balaban J connectivity index is 2.10. The number of carbonyl (C=O) groups is 1. The molecule has 0 aliphatic carbocycles. The van der Waals surface area contributed by atoms with E-state index in [1.807, 2.05) is 37.3 Å². The van der Waals surface area contributed by atoms with Gasteiger partial charge in [0.05, 0.1) is 11.7 Å². The molecule has 0 saturated carbocycles. The second-order valence-corrected chi connectivity index (χ2v) is 4.21. The first-order valence-electron chi connectivity index (χ1n) is 5.73. The molecule has 0 radical (unpaired) electrons. The van der Waals surface area contributed by atoms with Gasteiger partial charge in [0.25, 0.3) is 5.91 Å². The molecule has 94 valence electrons. The number of benzene rings is 1. The highest BCUT2D eigenvalue weighted by Gasteiger charge is 2.16. The van der Waals surface area contributed by atoms with E-state index >= 15 is 0 Å². The number of hydrogen-bond donors (Lipinski definition) is 2. The Bertz CT molecular complexity index is 547. The molecular weight excluding hydrogens is 228 g/mol. The normalized spacial score (nSPS) is 12.1. The monoisotopic (exact) mass is 244 g/mol. The zero-order chi connectivity index (χ0) is 13.1. The highest BCUT2D eigenvalue weighted by Crippen LogP contribution is 2.14. The highest BCUT2D eigenvalue weighted by atomic mass is 16.2. The van der Waals surface area contributed by atoms with Crippen molar-refractivity contribution in [1.82, 2.24) is 15.1 Å². The van der Waals surface area contributed by atoms with Crippen LogP contribution < -0.4 is 11.1 Å². The van der Waals surface area contributed by atoms with E-state index in [2.05, 4.69) is 10.4 Å². The van der Waals surface area contributed by atoms with Crippen molar-refractivity contribution in [3.05, 3.63) is 47.8 Å². The molecule has 1 heterocycles. The molecule has 1 aromatic carbocycles. The van der Waals surface area contributed by atoms with Crippen LogP contribution in [0.4, 0.5) is 5.69 Å². The summed E-state index contributed by atoms with van der Waals surface area (Å²) < 4.78 is 1.53. The Hall–Kier alpha value is -2.30. The molecule has 3 N–H and O–H groups in total. The van der Waals surface area contributed by atoms with Gasteiger partial charge in [-0.05, 0) is 12.5 Å². The maximum Gasteiger partial charge on any atom is 0.274 e. The number of hydrogen-bond acceptors (Lipinski definition) is 3. The fraction of sp³-hybridized carbons (Fsp3) is 0.231. The van der Waals surface area contributed by atoms with Gasteiger partial charge >= 0.3 is 0 Å². The van der Waals surface area contributed by atoms with Crippen LogP contribution in [-0.4, -0.2) is 15.7 Å². The predicted octanol–water partition coefficient (Wildman–Crippen LogP) is 1.49. The number of nitrogens with two attached hydrogens (primary N) is 1. The van der Waals surface area contributed by atoms with Crippen LogP contribution >= 0.6 is 0 Å². The Kier molecular flexibility index (Phi) is 3.32. The largest absolute Gasteiger partial charge is 0.396 e. The van der Waals surface area contributed by atoms with Crippen LogP contribution in [0.3, 0.4) is 0 Å². The first-order chi connectivity index (χ1) is 8.58. The van der Waals surface area contributed by atoms with Gasteiger partial charge in [0.2, 0.25) is 0 Å². The second kappa shape index (κ2) is 4.91. The fourth-order valence-electron chi connectivity index (χ4n) is 1.77. The fourth-order valence-corrected chi connectivity index (χ4v) is 1.77. The molecule has 0 bridgehead atoms. The zero-order valence-corrected chi connectivity index (χ0v) is 10.4. The summed E-state index contributed by atoms with van der Waals surface area (Å²) in [4.78, 5) is 12.0. The summed E-state index contributed by atoms with van der Waals surface area (Å²) in [5.74, 6) is -0.260. The number of nitrogens with zero attached hydrogens (tertiary/aromatic N) is 2. The van der Waals surface area contributed by atoms with Crippen molar-refractivity contribution < 1.29 is 4.79 Å². The predicted molar refractivity (Wildman–Crippen MR) is 69.9 cm³/mol. The molecule has 0 fully saturated rings. The number of nitrogens with one attached hydrogen (secondary N) is 1. The van der Waals surface area contributed by atoms with Crippen molar-refractivity contribution in [2.75, 3.05) is 5.73 Å². The molecule has 1 unspecified atom stereocenters. The summed E-state index contributed by atoms with van der Waals surface area (Å²) in [6.45, 7) is 1.92. The van der Waals surface area contributed by atoms with Gasteiger partial charge in [0, 0.05) is 13.2 Å². The van der Waals surface area contributed by atoms with Crippen molar-refractivity contribution in [3.63, 3.8) is 0 Å². The minimum Gasteiger partial charge on any atom is -0.396 e. The van der Waals surface area contributed by atoms with E-state index in [1.54, 1.807) is 13.2 Å². The molecule has 2 aromatic rings. The first kappa shape index (κ1) is 12.2. The van der Waals surface area contributed by atoms with Crippen LogP contribution in [-0.2, 0) is 7.05 Å². The number of carbonyl (C=O) groups excluding carboxylic acids is 1. The average molecular weight is 244 g/mol. The van der Waals surface area contributed by atoms with Gasteiger partial charge < -0.3 is 11.1 Å². The number of rotatable bonds is 3. The lowest BCUT2D eigenvalue weighted by Crippen LogP contribution is -2.27. The molecular formula is C13H16N4O. The van der Waals surface area contributed by atoms with Gasteiger partial charge in [0.15, 0.2) is 5.69 Å². The molecule has 1 aromatic heterocycles. The van der Waals surface area contributed by atoms with E-state index in [9.17, 15) is 4.79 Å². The number of anilines is 1. The highest BCUT2D eigenvalue weighted by molar-refractivity contribution is 5.97. The van der Waals surface area contributed by atoms with Crippen LogP contribution in [0.5, 0.6) is 0 Å². The van der Waals surface area contributed by atoms with Gasteiger partial charge in [-0.1, -0.05) is 30.3 Å². The maximum absolute atomic E-state index is 12.0. The van der Waals surface area contributed by atoms with Crippen LogP contribution in [0.2, 0.25) is 0 Å². The summed E-state index contributed by atoms with van der Waals surface area (Å²) in [5, 5.41) is 6.91. The number of nitrogen functional groups attached to an aromatic ring is 1. The average Bonchev–Trinajstić information content (AvgIpc) is 2.69. The summed E-state index contributed by atoms with van der Waals surface area (Å²) in [6, 6.07) is 9.66. The van der Waals surface area contributed by atoms with Gasteiger partial charge in [-0.2, -0.15) is 5.10 Å². The SMILES string of the molecule is CC(NC(=O)c1nn(C)cc1N)c1ccccc1. The van der Waals surface area contributed by atoms with E-state index in [1.165, 1.54) is 4.68 Å². The van der Waals surface area contributed by atoms with E-state index in [0.717, 1.165) is 5.56 Å². The van der Waals surface area contributed by atoms with Crippen molar-refractivity contribution in [1.29, 1.82) is 0 Å². The topological polar surface area (TPSA) is 72.9 Å². The van der Waals surface area contributed by atoms with Gasteiger partial charge in [0.1, 0.15) is 0 Å². The smallest absolute Gasteiger partial charge is 0.274 e. The lowest BCUT2D eigenvalue weighted by Gasteiger charge is -2.13. The third-order valence-corrected chi connectivity index (χ3v) is 2.72. The summed E-state index contributed by atoms with van der Waals surface area (Å²) in [5.41, 5.74) is 7.40. The Labute approximate surface area is 106 Å². The molecule has 0 aliphatic rings. The molecule has 1 amide bonds. The molecule has 5 nitrogen and oxygen atoms in total. The molecule has 0 spiro atoms. The second-order valence-electron chi connectivity index (χ2n) is 4.21. The van der Waals surface area contributed by atoms with Crippen LogP contribution in [0, 0.1) is 0 Å². The number of aromatic nitrogens is 2. The van der Waals surface area contributed by atoms with Crippen molar-refractivity contribution in [2.24, 2.45) is 7.05 Å².